The summed E-state index contributed by atoms with van der Waals surface area (Å²) in [4.78, 5) is 2.73. The minimum Gasteiger partial charge on any atom is -0.486 e. The summed E-state index contributed by atoms with van der Waals surface area (Å²) in [6, 6.07) is 5.41. The second-order valence-electron chi connectivity index (χ2n) is 6.65. The first kappa shape index (κ1) is 18.5. The number of piperidine rings is 1. The number of nitrogens with zero attached hydrogens (tertiary/aromatic N) is 1. The van der Waals surface area contributed by atoms with Crippen LogP contribution in [0.1, 0.15) is 39.0 Å². The van der Waals surface area contributed by atoms with E-state index in [-0.39, 0.29) is 4.90 Å². The molecule has 1 aromatic carbocycles. The van der Waals surface area contributed by atoms with Crippen molar-refractivity contribution in [2.24, 2.45) is 0 Å². The molecule has 0 spiro atoms. The fourth-order valence-corrected chi connectivity index (χ4v) is 4.67. The molecule has 0 aromatic heterocycles. The maximum Gasteiger partial charge on any atom is 0.240 e. The van der Waals surface area contributed by atoms with Gasteiger partial charge in [-0.2, -0.15) is 0 Å². The standard InChI is InChI=1S/C18H28N2O4S/c1-2-15-6-3-4-10-20(15)11-5-9-19-25(21,22)16-7-8-17-18(14-16)24-13-12-23-17/h7-8,14-15,19H,2-6,9-13H2,1H3. The van der Waals surface area contributed by atoms with Crippen molar-refractivity contribution < 1.29 is 17.9 Å². The normalized spacial score (nSPS) is 21.2. The lowest BCUT2D eigenvalue weighted by Gasteiger charge is -2.35. The minimum atomic E-state index is -3.52. The van der Waals surface area contributed by atoms with Crippen LogP contribution in [0, 0.1) is 0 Å². The lowest BCUT2D eigenvalue weighted by atomic mass is 10.00. The van der Waals surface area contributed by atoms with Crippen LogP contribution in [0.3, 0.4) is 0 Å². The van der Waals surface area contributed by atoms with Crippen LogP contribution in [0.15, 0.2) is 23.1 Å². The third kappa shape index (κ3) is 4.65. The average Bonchev–Trinajstić information content (AvgIpc) is 2.65. The Labute approximate surface area is 150 Å². The molecule has 1 atom stereocenters. The molecule has 25 heavy (non-hydrogen) atoms. The quantitative estimate of drug-likeness (QED) is 0.749. The number of nitrogens with one attached hydrogen (secondary N) is 1. The lowest BCUT2D eigenvalue weighted by molar-refractivity contribution is 0.143. The first-order chi connectivity index (χ1) is 12.1. The predicted molar refractivity (Wildman–Crippen MR) is 96.7 cm³/mol. The summed E-state index contributed by atoms with van der Waals surface area (Å²) in [5, 5.41) is 0. The van der Waals surface area contributed by atoms with E-state index in [1.165, 1.54) is 31.7 Å². The highest BCUT2D eigenvalue weighted by atomic mass is 32.2. The Morgan fingerprint density at radius 3 is 2.80 bits per heavy atom. The SMILES string of the molecule is CCC1CCCCN1CCCNS(=O)(=O)c1ccc2c(c1)OCCO2. The number of hydrogen-bond donors (Lipinski definition) is 1. The minimum absolute atomic E-state index is 0.223. The fraction of sp³-hybridized carbons (Fsp3) is 0.667. The number of likely N-dealkylation sites (tertiary alicyclic amines) is 1. The molecule has 3 rings (SSSR count). The molecule has 0 radical (unpaired) electrons. The summed E-state index contributed by atoms with van der Waals surface area (Å²) in [6.07, 6.45) is 5.81. The number of benzene rings is 1. The van der Waals surface area contributed by atoms with Gasteiger partial charge in [0.2, 0.25) is 10.0 Å². The highest BCUT2D eigenvalue weighted by Gasteiger charge is 2.21. The van der Waals surface area contributed by atoms with Gasteiger partial charge in [-0.3, -0.25) is 0 Å². The zero-order valence-corrected chi connectivity index (χ0v) is 15.7. The van der Waals surface area contributed by atoms with Crippen molar-refractivity contribution >= 4 is 10.0 Å². The third-order valence-corrected chi connectivity index (χ3v) is 6.42. The fourth-order valence-electron chi connectivity index (χ4n) is 3.58. The van der Waals surface area contributed by atoms with Crippen LogP contribution < -0.4 is 14.2 Å². The summed E-state index contributed by atoms with van der Waals surface area (Å²) in [5.74, 6) is 1.09. The van der Waals surface area contributed by atoms with Gasteiger partial charge in [0.05, 0.1) is 4.90 Å². The molecule has 0 saturated carbocycles. The molecule has 1 N–H and O–H groups in total. The first-order valence-electron chi connectivity index (χ1n) is 9.23. The third-order valence-electron chi connectivity index (χ3n) is 4.96. The molecule has 7 heteroatoms. The molecule has 0 bridgehead atoms. The Kier molecular flexibility index (Phi) is 6.19. The summed E-state index contributed by atoms with van der Waals surface area (Å²) in [5.41, 5.74) is 0. The monoisotopic (exact) mass is 368 g/mol. The van der Waals surface area contributed by atoms with E-state index in [9.17, 15) is 8.42 Å². The van der Waals surface area contributed by atoms with Crippen molar-refractivity contribution in [3.63, 3.8) is 0 Å². The highest BCUT2D eigenvalue weighted by molar-refractivity contribution is 7.89. The van der Waals surface area contributed by atoms with E-state index in [4.69, 9.17) is 9.47 Å². The lowest BCUT2D eigenvalue weighted by Crippen LogP contribution is -2.40. The van der Waals surface area contributed by atoms with Gasteiger partial charge in [-0.25, -0.2) is 13.1 Å². The molecule has 2 heterocycles. The smallest absolute Gasteiger partial charge is 0.240 e. The predicted octanol–water partition coefficient (Wildman–Crippen LogP) is 2.39. The van der Waals surface area contributed by atoms with Crippen LogP contribution in [-0.2, 0) is 10.0 Å². The van der Waals surface area contributed by atoms with Gasteiger partial charge in [0.15, 0.2) is 11.5 Å². The number of ether oxygens (including phenoxy) is 2. The molecule has 2 aliphatic rings. The van der Waals surface area contributed by atoms with E-state index < -0.39 is 10.0 Å². The molecular weight excluding hydrogens is 340 g/mol. The van der Waals surface area contributed by atoms with Crippen molar-refractivity contribution in [3.05, 3.63) is 18.2 Å². The van der Waals surface area contributed by atoms with E-state index in [0.717, 1.165) is 19.5 Å². The first-order valence-corrected chi connectivity index (χ1v) is 10.7. The Balaban J connectivity index is 1.52. The van der Waals surface area contributed by atoms with Crippen molar-refractivity contribution in [2.45, 2.75) is 50.0 Å². The van der Waals surface area contributed by atoms with Crippen LogP contribution in [0.5, 0.6) is 11.5 Å². The van der Waals surface area contributed by atoms with Gasteiger partial charge < -0.3 is 14.4 Å². The Hall–Kier alpha value is -1.31. The molecule has 0 aliphatic carbocycles. The molecule has 1 unspecified atom stereocenters. The van der Waals surface area contributed by atoms with Crippen LogP contribution >= 0.6 is 0 Å². The van der Waals surface area contributed by atoms with Crippen molar-refractivity contribution in [1.29, 1.82) is 0 Å². The van der Waals surface area contributed by atoms with E-state index in [0.29, 0.717) is 37.3 Å². The van der Waals surface area contributed by atoms with Gasteiger partial charge in [0.25, 0.3) is 0 Å². The summed E-state index contributed by atoms with van der Waals surface area (Å²) in [6.45, 7) is 5.69. The number of fused-ring (bicyclic) bond motifs is 1. The van der Waals surface area contributed by atoms with Crippen LogP contribution in [-0.4, -0.2) is 52.2 Å². The molecule has 1 saturated heterocycles. The molecule has 140 valence electrons. The summed E-state index contributed by atoms with van der Waals surface area (Å²) < 4.78 is 38.5. The maximum absolute atomic E-state index is 12.5. The van der Waals surface area contributed by atoms with Gasteiger partial charge in [0, 0.05) is 18.7 Å². The second kappa shape index (κ2) is 8.38. The molecule has 1 fully saturated rings. The van der Waals surface area contributed by atoms with E-state index in [1.807, 2.05) is 0 Å². The molecule has 0 amide bonds. The topological polar surface area (TPSA) is 67.9 Å². The summed E-state index contributed by atoms with van der Waals surface area (Å²) >= 11 is 0. The second-order valence-corrected chi connectivity index (χ2v) is 8.42. The summed E-state index contributed by atoms with van der Waals surface area (Å²) in [7, 11) is -3.52. The largest absolute Gasteiger partial charge is 0.486 e. The van der Waals surface area contributed by atoms with Crippen molar-refractivity contribution in [1.82, 2.24) is 9.62 Å². The number of hydrogen-bond acceptors (Lipinski definition) is 5. The van der Waals surface area contributed by atoms with Gasteiger partial charge in [-0.05, 0) is 50.9 Å². The van der Waals surface area contributed by atoms with Gasteiger partial charge in [0.1, 0.15) is 13.2 Å². The van der Waals surface area contributed by atoms with E-state index >= 15 is 0 Å². The average molecular weight is 368 g/mol. The molecule has 1 aromatic rings. The van der Waals surface area contributed by atoms with Crippen molar-refractivity contribution in [2.75, 3.05) is 32.8 Å². The van der Waals surface area contributed by atoms with E-state index in [1.54, 1.807) is 12.1 Å². The van der Waals surface area contributed by atoms with E-state index in [2.05, 4.69) is 16.5 Å². The zero-order chi connectivity index (χ0) is 17.7. The van der Waals surface area contributed by atoms with Crippen LogP contribution in [0.4, 0.5) is 0 Å². The molecular formula is C18H28N2O4S. The number of rotatable bonds is 7. The zero-order valence-electron chi connectivity index (χ0n) is 14.9. The Morgan fingerprint density at radius 1 is 1.20 bits per heavy atom. The Bertz CT molecular complexity index is 678. The van der Waals surface area contributed by atoms with Crippen LogP contribution in [0.25, 0.3) is 0 Å². The van der Waals surface area contributed by atoms with Crippen molar-refractivity contribution in [3.8, 4) is 11.5 Å². The Morgan fingerprint density at radius 2 is 2.00 bits per heavy atom. The van der Waals surface area contributed by atoms with Gasteiger partial charge in [-0.1, -0.05) is 13.3 Å². The maximum atomic E-state index is 12.5. The highest BCUT2D eigenvalue weighted by Crippen LogP contribution is 2.32. The van der Waals surface area contributed by atoms with Gasteiger partial charge >= 0.3 is 0 Å². The van der Waals surface area contributed by atoms with Gasteiger partial charge in [-0.15, -0.1) is 0 Å². The number of sulfonamides is 1. The van der Waals surface area contributed by atoms with Crippen LogP contribution in [0.2, 0.25) is 0 Å². The molecule has 6 nitrogen and oxygen atoms in total. The molecule has 2 aliphatic heterocycles.